The molecule has 0 saturated heterocycles. The first kappa shape index (κ1) is 19.7. The van der Waals surface area contributed by atoms with Crippen LogP contribution in [0.4, 0.5) is 11.4 Å². The van der Waals surface area contributed by atoms with E-state index in [1.54, 1.807) is 31.2 Å². The Morgan fingerprint density at radius 2 is 1.64 bits per heavy atom. The predicted molar refractivity (Wildman–Crippen MR) is 112 cm³/mol. The van der Waals surface area contributed by atoms with Gasteiger partial charge in [0.15, 0.2) is 6.10 Å². The Hall–Kier alpha value is -3.06. The second-order valence-electron chi connectivity index (χ2n) is 6.54. The zero-order chi connectivity index (χ0) is 20.3. The van der Waals surface area contributed by atoms with Crippen LogP contribution in [0, 0.1) is 0 Å². The minimum Gasteiger partial charge on any atom is -0.481 e. The number of ether oxygens (including phenoxy) is 1. The Labute approximate surface area is 164 Å². The Morgan fingerprint density at radius 1 is 1.00 bits per heavy atom. The number of rotatable bonds is 6. The minimum absolute atomic E-state index is 0.271. The van der Waals surface area contributed by atoms with Gasteiger partial charge in [-0.1, -0.05) is 30.3 Å². The molecule has 6 nitrogen and oxygen atoms in total. The maximum atomic E-state index is 12.4. The fraction of sp³-hybridized carbons (Fsp3) is 0.190. The van der Waals surface area contributed by atoms with Gasteiger partial charge in [0.05, 0.1) is 11.9 Å². The molecule has 7 heteroatoms. The summed E-state index contributed by atoms with van der Waals surface area (Å²) in [6.45, 7) is 1.66. The lowest BCUT2D eigenvalue weighted by atomic mass is 10.1. The monoisotopic (exact) mass is 398 g/mol. The molecule has 3 aromatic carbocycles. The molecule has 0 fully saturated rings. The standard InChI is InChI=1S/C21H22N2O4S/c1-15(27-20-12-10-19(11-13-20)23(2)28(3,25)26)21(24)22-18-9-8-16-6-4-5-7-17(16)14-18/h4-15H,1-3H3,(H,22,24)/t15-/m0/s1. The van der Waals surface area contributed by atoms with Gasteiger partial charge in [0, 0.05) is 12.7 Å². The molecule has 28 heavy (non-hydrogen) atoms. The zero-order valence-electron chi connectivity index (χ0n) is 15.9. The second-order valence-corrected chi connectivity index (χ2v) is 8.55. The normalized spacial score (nSPS) is 12.4. The van der Waals surface area contributed by atoms with E-state index in [4.69, 9.17) is 4.74 Å². The molecular formula is C21H22N2O4S. The van der Waals surface area contributed by atoms with Crippen molar-refractivity contribution in [3.05, 3.63) is 66.7 Å². The second kappa shape index (κ2) is 7.90. The number of sulfonamides is 1. The molecule has 3 rings (SSSR count). The molecule has 3 aromatic rings. The van der Waals surface area contributed by atoms with E-state index in [0.29, 0.717) is 17.1 Å². The summed E-state index contributed by atoms with van der Waals surface area (Å²) in [5.74, 6) is 0.208. The molecule has 0 heterocycles. The van der Waals surface area contributed by atoms with Crippen molar-refractivity contribution >= 4 is 38.1 Å². The van der Waals surface area contributed by atoms with Crippen molar-refractivity contribution in [2.45, 2.75) is 13.0 Å². The number of fused-ring (bicyclic) bond motifs is 1. The lowest BCUT2D eigenvalue weighted by molar-refractivity contribution is -0.122. The average molecular weight is 398 g/mol. The van der Waals surface area contributed by atoms with Crippen LogP contribution in [0.3, 0.4) is 0 Å². The van der Waals surface area contributed by atoms with Gasteiger partial charge in [-0.15, -0.1) is 0 Å². The molecule has 0 aromatic heterocycles. The number of hydrogen-bond acceptors (Lipinski definition) is 4. The van der Waals surface area contributed by atoms with Crippen LogP contribution in [0.25, 0.3) is 10.8 Å². The molecule has 0 aliphatic rings. The largest absolute Gasteiger partial charge is 0.481 e. The number of benzene rings is 3. The highest BCUT2D eigenvalue weighted by atomic mass is 32.2. The van der Waals surface area contributed by atoms with Crippen LogP contribution in [-0.4, -0.2) is 33.7 Å². The van der Waals surface area contributed by atoms with E-state index in [2.05, 4.69) is 5.32 Å². The number of anilines is 2. The maximum absolute atomic E-state index is 12.4. The molecule has 0 radical (unpaired) electrons. The highest BCUT2D eigenvalue weighted by molar-refractivity contribution is 7.92. The van der Waals surface area contributed by atoms with Crippen LogP contribution >= 0.6 is 0 Å². The summed E-state index contributed by atoms with van der Waals surface area (Å²) < 4.78 is 30.0. The van der Waals surface area contributed by atoms with Gasteiger partial charge in [-0.3, -0.25) is 9.10 Å². The summed E-state index contributed by atoms with van der Waals surface area (Å²) in [6.07, 6.45) is 0.418. The van der Waals surface area contributed by atoms with E-state index < -0.39 is 16.1 Å². The van der Waals surface area contributed by atoms with E-state index >= 15 is 0 Å². The van der Waals surface area contributed by atoms with Crippen molar-refractivity contribution in [1.29, 1.82) is 0 Å². The fourth-order valence-corrected chi connectivity index (χ4v) is 3.20. The van der Waals surface area contributed by atoms with Gasteiger partial charge in [0.25, 0.3) is 5.91 Å². The fourth-order valence-electron chi connectivity index (χ4n) is 2.69. The third-order valence-electron chi connectivity index (χ3n) is 4.40. The van der Waals surface area contributed by atoms with Gasteiger partial charge in [-0.05, 0) is 54.1 Å². The number of amides is 1. The van der Waals surface area contributed by atoms with Crippen molar-refractivity contribution in [3.8, 4) is 5.75 Å². The van der Waals surface area contributed by atoms with E-state index in [0.717, 1.165) is 17.0 Å². The van der Waals surface area contributed by atoms with E-state index in [9.17, 15) is 13.2 Å². The smallest absolute Gasteiger partial charge is 0.265 e. The van der Waals surface area contributed by atoms with Crippen LogP contribution in [0.1, 0.15) is 6.92 Å². The minimum atomic E-state index is -3.33. The lowest BCUT2D eigenvalue weighted by Crippen LogP contribution is -2.30. The van der Waals surface area contributed by atoms with Crippen LogP contribution in [-0.2, 0) is 14.8 Å². The third kappa shape index (κ3) is 4.61. The Balaban J connectivity index is 1.65. The molecule has 0 aliphatic heterocycles. The first-order valence-corrected chi connectivity index (χ1v) is 10.6. The van der Waals surface area contributed by atoms with Crippen LogP contribution in [0.5, 0.6) is 5.75 Å². The van der Waals surface area contributed by atoms with Gasteiger partial charge >= 0.3 is 0 Å². The van der Waals surface area contributed by atoms with Crippen molar-refractivity contribution in [1.82, 2.24) is 0 Å². The average Bonchev–Trinajstić information content (AvgIpc) is 2.67. The Morgan fingerprint density at radius 3 is 2.29 bits per heavy atom. The molecule has 0 bridgehead atoms. The van der Waals surface area contributed by atoms with Crippen LogP contribution in [0.15, 0.2) is 66.7 Å². The summed E-state index contributed by atoms with van der Waals surface area (Å²) in [5.41, 5.74) is 1.22. The highest BCUT2D eigenvalue weighted by Gasteiger charge is 2.16. The molecule has 0 aliphatic carbocycles. The van der Waals surface area contributed by atoms with Crippen molar-refractivity contribution in [2.24, 2.45) is 0 Å². The summed E-state index contributed by atoms with van der Waals surface area (Å²) in [6, 6.07) is 20.2. The lowest BCUT2D eigenvalue weighted by Gasteiger charge is -2.18. The summed E-state index contributed by atoms with van der Waals surface area (Å²) in [4.78, 5) is 12.4. The van der Waals surface area contributed by atoms with Gasteiger partial charge in [0.1, 0.15) is 5.75 Å². The summed E-state index contributed by atoms with van der Waals surface area (Å²) >= 11 is 0. The SMILES string of the molecule is C[C@H](Oc1ccc(N(C)S(C)(=O)=O)cc1)C(=O)Nc1ccc2ccccc2c1. The number of hydrogen-bond donors (Lipinski definition) is 1. The third-order valence-corrected chi connectivity index (χ3v) is 5.60. The van der Waals surface area contributed by atoms with E-state index in [-0.39, 0.29) is 5.91 Å². The van der Waals surface area contributed by atoms with Crippen molar-refractivity contribution < 1.29 is 17.9 Å². The number of carbonyl (C=O) groups excluding carboxylic acids is 1. The summed E-state index contributed by atoms with van der Waals surface area (Å²) in [7, 11) is -1.85. The molecule has 1 atom stereocenters. The Bertz CT molecular complexity index is 1090. The molecule has 146 valence electrons. The first-order chi connectivity index (χ1) is 13.2. The van der Waals surface area contributed by atoms with Gasteiger partial charge < -0.3 is 10.1 Å². The van der Waals surface area contributed by atoms with Crippen molar-refractivity contribution in [3.63, 3.8) is 0 Å². The first-order valence-electron chi connectivity index (χ1n) is 8.74. The van der Waals surface area contributed by atoms with Crippen LogP contribution < -0.4 is 14.4 Å². The van der Waals surface area contributed by atoms with Gasteiger partial charge in [-0.2, -0.15) is 0 Å². The predicted octanol–water partition coefficient (Wildman–Crippen LogP) is 3.64. The van der Waals surface area contributed by atoms with E-state index in [1.807, 2.05) is 42.5 Å². The molecule has 1 N–H and O–H groups in total. The van der Waals surface area contributed by atoms with Gasteiger partial charge in [0.2, 0.25) is 10.0 Å². The quantitative estimate of drug-likeness (QED) is 0.688. The van der Waals surface area contributed by atoms with Crippen molar-refractivity contribution in [2.75, 3.05) is 22.9 Å². The molecule has 0 saturated carbocycles. The highest BCUT2D eigenvalue weighted by Crippen LogP contribution is 2.22. The molecule has 0 unspecified atom stereocenters. The van der Waals surface area contributed by atoms with Gasteiger partial charge in [-0.25, -0.2) is 8.42 Å². The number of nitrogens with one attached hydrogen (secondary N) is 1. The number of carbonyl (C=O) groups is 1. The summed E-state index contributed by atoms with van der Waals surface area (Å²) in [5, 5.41) is 4.99. The molecule has 1 amide bonds. The van der Waals surface area contributed by atoms with E-state index in [1.165, 1.54) is 11.4 Å². The Kier molecular flexibility index (Phi) is 5.56. The molecule has 0 spiro atoms. The molecular weight excluding hydrogens is 376 g/mol. The number of nitrogens with zero attached hydrogens (tertiary/aromatic N) is 1. The zero-order valence-corrected chi connectivity index (χ0v) is 16.7. The van der Waals surface area contributed by atoms with Crippen LogP contribution in [0.2, 0.25) is 0 Å². The topological polar surface area (TPSA) is 75.7 Å². The maximum Gasteiger partial charge on any atom is 0.265 e.